The van der Waals surface area contributed by atoms with Crippen LogP contribution in [0.2, 0.25) is 0 Å². The highest BCUT2D eigenvalue weighted by Gasteiger charge is 2.27. The molecule has 98 valence electrons. The molecule has 0 N–H and O–H groups in total. The molecule has 0 saturated carbocycles. The van der Waals surface area contributed by atoms with Gasteiger partial charge in [-0.1, -0.05) is 17.7 Å². The molecule has 0 fully saturated rings. The van der Waals surface area contributed by atoms with Crippen molar-refractivity contribution in [2.75, 3.05) is 7.05 Å². The lowest BCUT2D eigenvalue weighted by Gasteiger charge is -2.08. The molecule has 0 aliphatic carbocycles. The molecule has 0 saturated heterocycles. The largest absolute Gasteiger partial charge is 0.362 e. The predicted molar refractivity (Wildman–Crippen MR) is 63.9 cm³/mol. The van der Waals surface area contributed by atoms with E-state index >= 15 is 0 Å². The minimum absolute atomic E-state index is 0.0905. The predicted octanol–water partition coefficient (Wildman–Crippen LogP) is 0.724. The quantitative estimate of drug-likeness (QED) is 0.265. The van der Waals surface area contributed by atoms with E-state index in [1.54, 1.807) is 19.1 Å². The van der Waals surface area contributed by atoms with Gasteiger partial charge in [0.15, 0.2) is 5.03 Å². The molecule has 9 heteroatoms. The van der Waals surface area contributed by atoms with Crippen LogP contribution in [0.25, 0.3) is 5.53 Å². The Labute approximate surface area is 104 Å². The molecule has 0 bridgehead atoms. The van der Waals surface area contributed by atoms with Crippen molar-refractivity contribution >= 4 is 16.7 Å². The van der Waals surface area contributed by atoms with Gasteiger partial charge in [-0.3, -0.25) is 0 Å². The molecule has 0 radical (unpaired) electrons. The van der Waals surface area contributed by atoms with Crippen LogP contribution in [0.4, 0.5) is 0 Å². The number of sulfonamides is 1. The molecule has 1 aromatic carbocycles. The maximum Gasteiger partial charge on any atom is 0.313 e. The molecular weight excluding hydrogens is 260 g/mol. The van der Waals surface area contributed by atoms with Gasteiger partial charge in [0.1, 0.15) is 0 Å². The number of hydrogen-bond donors (Lipinski definition) is 0. The summed E-state index contributed by atoms with van der Waals surface area (Å²) in [6.07, 6.45) is 0. The smallest absolute Gasteiger partial charge is 0.313 e. The summed E-state index contributed by atoms with van der Waals surface area (Å²) in [6.45, 7) is 4.47. The topological polar surface area (TPSA) is 117 Å². The Morgan fingerprint density at radius 2 is 1.78 bits per heavy atom. The van der Waals surface area contributed by atoms with Crippen molar-refractivity contribution < 1.29 is 18.2 Å². The first-order chi connectivity index (χ1) is 8.27. The van der Waals surface area contributed by atoms with Crippen LogP contribution in [0.5, 0.6) is 0 Å². The number of hydrogen-bond acceptors (Lipinski definition) is 4. The van der Waals surface area contributed by atoms with Gasteiger partial charge in [0.05, 0.1) is 11.9 Å². The summed E-state index contributed by atoms with van der Waals surface area (Å²) in [5.41, 5.74) is 7.97. The van der Waals surface area contributed by atoms with E-state index in [0.717, 1.165) is 12.6 Å². The lowest BCUT2D eigenvalue weighted by molar-refractivity contribution is -0.613. The zero-order valence-electron chi connectivity index (χ0n) is 9.85. The maximum atomic E-state index is 11.6. The molecule has 0 atom stereocenters. The summed E-state index contributed by atoms with van der Waals surface area (Å²) in [5, 5.41) is 9.36. The molecule has 0 heterocycles. The second-order valence-electron chi connectivity index (χ2n) is 3.13. The van der Waals surface area contributed by atoms with Gasteiger partial charge in [0.2, 0.25) is 6.72 Å². The van der Waals surface area contributed by atoms with Crippen LogP contribution < -0.4 is 0 Å². The van der Waals surface area contributed by atoms with E-state index in [-0.39, 0.29) is 9.31 Å². The maximum absolute atomic E-state index is 11.6. The van der Waals surface area contributed by atoms with Gasteiger partial charge in [-0.2, -0.15) is 13.2 Å². The van der Waals surface area contributed by atoms with Crippen LogP contribution in [0.15, 0.2) is 29.2 Å². The van der Waals surface area contributed by atoms with Crippen LogP contribution in [0, 0.1) is 17.0 Å². The molecule has 0 spiro atoms. The van der Waals surface area contributed by atoms with Gasteiger partial charge >= 0.3 is 10.0 Å². The SMILES string of the molecule is C=[N+]=[N-].Cc1ccc(S(=O)(=O)N(C)[N+](=O)[O-])cc1. The third-order valence-electron chi connectivity index (χ3n) is 1.90. The third-order valence-corrected chi connectivity index (χ3v) is 3.59. The van der Waals surface area contributed by atoms with Gasteiger partial charge in [-0.15, -0.1) is 0 Å². The average molecular weight is 272 g/mol. The lowest BCUT2D eigenvalue weighted by atomic mass is 10.2. The number of benzene rings is 1. The fourth-order valence-corrected chi connectivity index (χ4v) is 1.91. The van der Waals surface area contributed by atoms with Crippen LogP contribution >= 0.6 is 0 Å². The zero-order chi connectivity index (χ0) is 14.3. The van der Waals surface area contributed by atoms with Gasteiger partial charge in [0, 0.05) is 0 Å². The summed E-state index contributed by atoms with van der Waals surface area (Å²) in [4.78, 5) is 12.5. The van der Waals surface area contributed by atoms with Gasteiger partial charge in [-0.05, 0) is 23.5 Å². The summed E-state index contributed by atoms with van der Waals surface area (Å²) < 4.78 is 23.2. The van der Waals surface area contributed by atoms with E-state index in [4.69, 9.17) is 5.53 Å². The highest BCUT2D eigenvalue weighted by molar-refractivity contribution is 7.89. The van der Waals surface area contributed by atoms with Crippen molar-refractivity contribution in [1.82, 2.24) is 4.41 Å². The summed E-state index contributed by atoms with van der Waals surface area (Å²) in [5.74, 6) is 0. The van der Waals surface area contributed by atoms with E-state index in [1.807, 2.05) is 0 Å². The van der Waals surface area contributed by atoms with E-state index in [9.17, 15) is 18.5 Å². The lowest BCUT2D eigenvalue weighted by Crippen LogP contribution is -2.32. The first-order valence-electron chi connectivity index (χ1n) is 4.57. The monoisotopic (exact) mass is 272 g/mol. The zero-order valence-corrected chi connectivity index (χ0v) is 10.7. The van der Waals surface area contributed by atoms with E-state index < -0.39 is 15.1 Å². The van der Waals surface area contributed by atoms with Crippen molar-refractivity contribution in [2.45, 2.75) is 11.8 Å². The second-order valence-corrected chi connectivity index (χ2v) is 5.08. The molecule has 1 aromatic rings. The summed E-state index contributed by atoms with van der Waals surface area (Å²) >= 11 is 0. The minimum Gasteiger partial charge on any atom is -0.362 e. The molecule has 8 nitrogen and oxygen atoms in total. The Morgan fingerprint density at radius 3 is 2.11 bits per heavy atom. The van der Waals surface area contributed by atoms with Crippen molar-refractivity contribution in [3.05, 3.63) is 45.5 Å². The Balaban J connectivity index is 0.000000873. The highest BCUT2D eigenvalue weighted by atomic mass is 32.2. The van der Waals surface area contributed by atoms with E-state index in [2.05, 4.69) is 11.5 Å². The number of rotatable bonds is 3. The van der Waals surface area contributed by atoms with Crippen LogP contribution in [-0.4, -0.2) is 36.4 Å². The second kappa shape index (κ2) is 6.48. The van der Waals surface area contributed by atoms with Gasteiger partial charge in [0.25, 0.3) is 0 Å². The Bertz CT molecular complexity index is 546. The molecule has 0 aromatic heterocycles. The van der Waals surface area contributed by atoms with Crippen molar-refractivity contribution in [1.29, 1.82) is 0 Å². The Hall–Kier alpha value is -2.25. The fourth-order valence-electron chi connectivity index (χ4n) is 0.951. The number of nitro groups is 1. The highest BCUT2D eigenvalue weighted by Crippen LogP contribution is 2.14. The summed E-state index contributed by atoms with van der Waals surface area (Å²) in [7, 11) is -3.12. The first kappa shape index (κ1) is 15.8. The normalized spacial score (nSPS) is 9.67. The molecule has 18 heavy (non-hydrogen) atoms. The molecule has 1 rings (SSSR count). The molecule has 0 unspecified atom stereocenters. The number of aryl methyl sites for hydroxylation is 1. The van der Waals surface area contributed by atoms with E-state index in [1.165, 1.54) is 12.1 Å². The summed E-state index contributed by atoms with van der Waals surface area (Å²) in [6, 6.07) is 5.84. The Morgan fingerprint density at radius 1 is 1.39 bits per heavy atom. The van der Waals surface area contributed by atoms with E-state index in [0.29, 0.717) is 0 Å². The molecule has 0 aliphatic rings. The third kappa shape index (κ3) is 3.96. The molecular formula is C9H12N4O4S. The van der Waals surface area contributed by atoms with Gasteiger partial charge < -0.3 is 5.53 Å². The van der Waals surface area contributed by atoms with Crippen molar-refractivity contribution in [3.8, 4) is 0 Å². The molecule has 0 aliphatic heterocycles. The Kier molecular flexibility index (Phi) is 5.67. The first-order valence-corrected chi connectivity index (χ1v) is 6.01. The molecule has 0 amide bonds. The van der Waals surface area contributed by atoms with Gasteiger partial charge in [-0.25, -0.2) is 10.1 Å². The average Bonchev–Trinajstić information content (AvgIpc) is 2.29. The standard InChI is InChI=1S/C8H10N2O4S.CH2N2/c1-7-3-5-8(6-4-7)15(13,14)9(2)10(11)12;1-3-2/h3-6H,1-2H3;1H2. The number of hydrazine groups is 1. The minimum atomic E-state index is -4.02. The van der Waals surface area contributed by atoms with Crippen molar-refractivity contribution in [3.63, 3.8) is 0 Å². The number of nitrogens with zero attached hydrogens (tertiary/aromatic N) is 4. The van der Waals surface area contributed by atoms with Crippen LogP contribution in [0.3, 0.4) is 0 Å². The van der Waals surface area contributed by atoms with Crippen molar-refractivity contribution in [2.24, 2.45) is 0 Å². The fraction of sp³-hybridized carbons (Fsp3) is 0.222. The van der Waals surface area contributed by atoms with Crippen LogP contribution in [0.1, 0.15) is 5.56 Å². The van der Waals surface area contributed by atoms with Crippen LogP contribution in [-0.2, 0) is 10.0 Å².